The van der Waals surface area contributed by atoms with Gasteiger partial charge in [-0.05, 0) is 49.2 Å². The Kier molecular flexibility index (Phi) is 8.10. The van der Waals surface area contributed by atoms with Gasteiger partial charge in [0.05, 0.1) is 17.8 Å². The van der Waals surface area contributed by atoms with Crippen LogP contribution in [0.15, 0.2) is 53.4 Å². The van der Waals surface area contributed by atoms with Gasteiger partial charge in [-0.1, -0.05) is 29.2 Å². The van der Waals surface area contributed by atoms with Gasteiger partial charge in [-0.3, -0.25) is 9.63 Å². The Morgan fingerprint density at radius 3 is 2.13 bits per heavy atom. The maximum Gasteiger partial charge on any atom is 0.262 e. The molecule has 2 aromatic carbocycles. The fourth-order valence-electron chi connectivity index (χ4n) is 2.70. The number of amides is 1. The molecule has 30 heavy (non-hydrogen) atoms. The summed E-state index contributed by atoms with van der Waals surface area (Å²) in [5.41, 5.74) is 1.51. The van der Waals surface area contributed by atoms with Crippen LogP contribution in [0.1, 0.15) is 35.3 Å². The van der Waals surface area contributed by atoms with Gasteiger partial charge in [0, 0.05) is 18.2 Å². The second kappa shape index (κ2) is 10.1. The molecule has 9 nitrogen and oxygen atoms in total. The van der Waals surface area contributed by atoms with E-state index in [2.05, 4.69) is 14.9 Å². The predicted molar refractivity (Wildman–Crippen MR) is 112 cm³/mol. The third-order valence-electron chi connectivity index (χ3n) is 3.94. The van der Waals surface area contributed by atoms with Crippen molar-refractivity contribution < 1.29 is 26.5 Å². The van der Waals surface area contributed by atoms with Crippen molar-refractivity contribution in [3.63, 3.8) is 0 Å². The molecule has 0 saturated carbocycles. The SMILES string of the molecule is CONS(=O)(=O)c1ccc(C(=O)NCc2ccccc2CS(=O)(=O)NC(C)C)cc1. The summed E-state index contributed by atoms with van der Waals surface area (Å²) in [7, 11) is -6.13. The zero-order valence-corrected chi connectivity index (χ0v) is 18.5. The fourth-order valence-corrected chi connectivity index (χ4v) is 5.00. The van der Waals surface area contributed by atoms with E-state index in [1.165, 1.54) is 31.4 Å². The van der Waals surface area contributed by atoms with Gasteiger partial charge in [-0.25, -0.2) is 21.6 Å². The van der Waals surface area contributed by atoms with Crippen LogP contribution in [0, 0.1) is 0 Å². The molecule has 0 atom stereocenters. The molecule has 0 spiro atoms. The van der Waals surface area contributed by atoms with Crippen molar-refractivity contribution in [2.45, 2.75) is 37.1 Å². The van der Waals surface area contributed by atoms with Crippen LogP contribution in [-0.4, -0.2) is 35.9 Å². The van der Waals surface area contributed by atoms with Crippen molar-refractivity contribution in [3.8, 4) is 0 Å². The molecule has 0 unspecified atom stereocenters. The van der Waals surface area contributed by atoms with Crippen LogP contribution < -0.4 is 14.9 Å². The number of carbonyl (C=O) groups is 1. The van der Waals surface area contributed by atoms with E-state index in [1.54, 1.807) is 38.1 Å². The summed E-state index contributed by atoms with van der Waals surface area (Å²) in [6.45, 7) is 3.61. The molecule has 0 heterocycles. The van der Waals surface area contributed by atoms with E-state index in [-0.39, 0.29) is 28.8 Å². The Bertz CT molecular complexity index is 1080. The standard InChI is InChI=1S/C19H25N3O6S2/c1-14(2)21-29(24,25)13-17-7-5-4-6-16(17)12-20-19(23)15-8-10-18(11-9-15)30(26,27)22-28-3/h4-11,14,21-22H,12-13H2,1-3H3,(H,20,23). The second-order valence-corrected chi connectivity index (χ2v) is 10.2. The molecule has 11 heteroatoms. The number of nitrogens with one attached hydrogen (secondary N) is 3. The lowest BCUT2D eigenvalue weighted by Gasteiger charge is -2.13. The molecule has 0 fully saturated rings. The summed E-state index contributed by atoms with van der Waals surface area (Å²) in [6, 6.07) is 12.0. The van der Waals surface area contributed by atoms with Crippen molar-refractivity contribution in [1.82, 2.24) is 14.9 Å². The monoisotopic (exact) mass is 455 g/mol. The smallest absolute Gasteiger partial charge is 0.262 e. The molecule has 2 rings (SSSR count). The van der Waals surface area contributed by atoms with Crippen molar-refractivity contribution >= 4 is 26.0 Å². The fraction of sp³-hybridized carbons (Fsp3) is 0.316. The minimum absolute atomic E-state index is 0.0471. The Morgan fingerprint density at radius 2 is 1.57 bits per heavy atom. The third-order valence-corrected chi connectivity index (χ3v) is 6.74. The van der Waals surface area contributed by atoms with E-state index in [0.717, 1.165) is 0 Å². The highest BCUT2D eigenvalue weighted by Gasteiger charge is 2.17. The summed E-state index contributed by atoms with van der Waals surface area (Å²) in [4.78, 5) is 18.7. The number of benzene rings is 2. The van der Waals surface area contributed by atoms with Crippen molar-refractivity contribution in [2.75, 3.05) is 7.11 Å². The first-order valence-electron chi connectivity index (χ1n) is 9.04. The molecule has 0 bridgehead atoms. The van der Waals surface area contributed by atoms with Gasteiger partial charge in [0.25, 0.3) is 15.9 Å². The van der Waals surface area contributed by atoms with Crippen LogP contribution in [0.5, 0.6) is 0 Å². The van der Waals surface area contributed by atoms with Crippen molar-refractivity contribution in [1.29, 1.82) is 0 Å². The highest BCUT2D eigenvalue weighted by atomic mass is 32.2. The van der Waals surface area contributed by atoms with E-state index in [0.29, 0.717) is 11.1 Å². The quantitative estimate of drug-likeness (QED) is 0.463. The number of hydrogen-bond donors (Lipinski definition) is 3. The van der Waals surface area contributed by atoms with Gasteiger partial charge < -0.3 is 5.32 Å². The second-order valence-electron chi connectivity index (χ2n) is 6.80. The lowest BCUT2D eigenvalue weighted by molar-refractivity contribution is 0.0950. The van der Waals surface area contributed by atoms with Crippen LogP contribution in [-0.2, 0) is 37.2 Å². The van der Waals surface area contributed by atoms with Gasteiger partial charge >= 0.3 is 0 Å². The molecule has 0 aliphatic carbocycles. The normalized spacial score (nSPS) is 12.1. The highest BCUT2D eigenvalue weighted by Crippen LogP contribution is 2.14. The maximum absolute atomic E-state index is 12.4. The molecular weight excluding hydrogens is 430 g/mol. The minimum atomic E-state index is -3.81. The van der Waals surface area contributed by atoms with Gasteiger partial charge in [-0.15, -0.1) is 0 Å². The molecule has 0 aromatic heterocycles. The zero-order valence-electron chi connectivity index (χ0n) is 16.9. The lowest BCUT2D eigenvalue weighted by atomic mass is 10.1. The topological polar surface area (TPSA) is 131 Å². The molecule has 2 aromatic rings. The van der Waals surface area contributed by atoms with E-state index in [9.17, 15) is 21.6 Å². The molecule has 164 valence electrons. The van der Waals surface area contributed by atoms with Gasteiger partial charge in [0.15, 0.2) is 0 Å². The van der Waals surface area contributed by atoms with Crippen LogP contribution in [0.4, 0.5) is 0 Å². The Labute approximate surface area is 176 Å². The average molecular weight is 456 g/mol. The van der Waals surface area contributed by atoms with E-state index >= 15 is 0 Å². The summed E-state index contributed by atoms with van der Waals surface area (Å²) >= 11 is 0. The first-order chi connectivity index (χ1) is 14.0. The molecule has 0 radical (unpaired) electrons. The largest absolute Gasteiger partial charge is 0.348 e. The maximum atomic E-state index is 12.4. The molecular formula is C19H25N3O6S2. The van der Waals surface area contributed by atoms with Crippen LogP contribution in [0.3, 0.4) is 0 Å². The van der Waals surface area contributed by atoms with Crippen molar-refractivity contribution in [3.05, 3.63) is 65.2 Å². The number of hydrogen-bond acceptors (Lipinski definition) is 6. The van der Waals surface area contributed by atoms with Crippen LogP contribution >= 0.6 is 0 Å². The van der Waals surface area contributed by atoms with E-state index in [1.807, 2.05) is 4.89 Å². The Balaban J connectivity index is 2.08. The van der Waals surface area contributed by atoms with Gasteiger partial charge in [0.1, 0.15) is 0 Å². The Morgan fingerprint density at radius 1 is 0.967 bits per heavy atom. The van der Waals surface area contributed by atoms with Gasteiger partial charge in [0.2, 0.25) is 10.0 Å². The molecule has 0 aliphatic rings. The summed E-state index contributed by atoms with van der Waals surface area (Å²) in [5, 5.41) is 2.72. The number of rotatable bonds is 10. The molecule has 0 aliphatic heterocycles. The summed E-state index contributed by atoms with van der Waals surface area (Å²) in [6.07, 6.45) is 0. The summed E-state index contributed by atoms with van der Waals surface area (Å²) < 4.78 is 50.7. The molecule has 3 N–H and O–H groups in total. The first-order valence-corrected chi connectivity index (χ1v) is 12.2. The van der Waals surface area contributed by atoms with Gasteiger partial charge in [-0.2, -0.15) is 0 Å². The third kappa shape index (κ3) is 6.89. The van der Waals surface area contributed by atoms with Crippen molar-refractivity contribution in [2.24, 2.45) is 0 Å². The number of sulfonamides is 2. The predicted octanol–water partition coefficient (Wildman–Crippen LogP) is 1.28. The van der Waals surface area contributed by atoms with Crippen LogP contribution in [0.2, 0.25) is 0 Å². The lowest BCUT2D eigenvalue weighted by Crippen LogP contribution is -2.32. The highest BCUT2D eigenvalue weighted by molar-refractivity contribution is 7.89. The molecule has 0 saturated heterocycles. The molecule has 1 amide bonds. The summed E-state index contributed by atoms with van der Waals surface area (Å²) in [5.74, 6) is -0.618. The van der Waals surface area contributed by atoms with E-state index < -0.39 is 26.0 Å². The zero-order chi connectivity index (χ0) is 22.4. The van der Waals surface area contributed by atoms with E-state index in [4.69, 9.17) is 0 Å². The minimum Gasteiger partial charge on any atom is -0.348 e. The number of carbonyl (C=O) groups excluding carboxylic acids is 1. The average Bonchev–Trinajstić information content (AvgIpc) is 2.66. The van der Waals surface area contributed by atoms with Crippen LogP contribution in [0.25, 0.3) is 0 Å². The Hall–Kier alpha value is -2.31. The first kappa shape index (κ1) is 24.0.